The van der Waals surface area contributed by atoms with Crippen LogP contribution in [-0.4, -0.2) is 18.3 Å². The molecule has 0 heterocycles. The van der Waals surface area contributed by atoms with E-state index in [1.807, 2.05) is 30.3 Å². The lowest BCUT2D eigenvalue weighted by Gasteiger charge is -2.17. The van der Waals surface area contributed by atoms with E-state index < -0.39 is 0 Å². The van der Waals surface area contributed by atoms with Crippen LogP contribution in [0.1, 0.15) is 25.5 Å². The first kappa shape index (κ1) is 11.2. The molecule has 14 heavy (non-hydrogen) atoms. The Labute approximate surface area is 86.0 Å². The molecule has 0 fully saturated rings. The minimum Gasteiger partial charge on any atom is -0.394 e. The van der Waals surface area contributed by atoms with E-state index in [1.165, 1.54) is 0 Å². The normalized spacial score (nSPS) is 13.1. The van der Waals surface area contributed by atoms with Crippen molar-refractivity contribution in [3.8, 4) is 0 Å². The maximum absolute atomic E-state index is 9.23. The molecule has 0 aliphatic heterocycles. The third-order valence-electron chi connectivity index (χ3n) is 2.16. The first-order chi connectivity index (χ1) is 6.74. The molecule has 0 aromatic heterocycles. The van der Waals surface area contributed by atoms with Gasteiger partial charge < -0.3 is 10.4 Å². The Morgan fingerprint density at radius 1 is 1.21 bits per heavy atom. The number of aliphatic hydroxyl groups excluding tert-OH is 1. The second-order valence-electron chi connectivity index (χ2n) is 3.95. The maximum Gasteiger partial charge on any atom is 0.0626 e. The van der Waals surface area contributed by atoms with Crippen molar-refractivity contribution in [3.05, 3.63) is 35.9 Å². The molecule has 2 nitrogen and oxygen atoms in total. The van der Waals surface area contributed by atoms with E-state index in [0.717, 1.165) is 12.1 Å². The molecule has 1 rings (SSSR count). The van der Waals surface area contributed by atoms with Gasteiger partial charge in [-0.15, -0.1) is 0 Å². The fourth-order valence-electron chi connectivity index (χ4n) is 1.35. The van der Waals surface area contributed by atoms with Gasteiger partial charge in [0.15, 0.2) is 0 Å². The number of hydrogen-bond donors (Lipinski definition) is 2. The summed E-state index contributed by atoms with van der Waals surface area (Å²) in [5, 5.41) is 12.6. The van der Waals surface area contributed by atoms with Crippen molar-refractivity contribution in [2.24, 2.45) is 5.92 Å². The minimum absolute atomic E-state index is 0.0681. The first-order valence-electron chi connectivity index (χ1n) is 5.13. The Hall–Kier alpha value is -0.860. The summed E-state index contributed by atoms with van der Waals surface area (Å²) < 4.78 is 0. The van der Waals surface area contributed by atoms with Crippen LogP contribution >= 0.6 is 0 Å². The second kappa shape index (κ2) is 5.78. The topological polar surface area (TPSA) is 32.3 Å². The van der Waals surface area contributed by atoms with Crippen molar-refractivity contribution in [1.82, 2.24) is 5.32 Å². The molecule has 0 aliphatic rings. The zero-order chi connectivity index (χ0) is 10.4. The van der Waals surface area contributed by atoms with Crippen LogP contribution in [0.3, 0.4) is 0 Å². The molecule has 0 saturated carbocycles. The van der Waals surface area contributed by atoms with E-state index in [9.17, 15) is 5.11 Å². The van der Waals surface area contributed by atoms with Gasteiger partial charge in [0.1, 0.15) is 0 Å². The molecule has 2 N–H and O–H groups in total. The Kier molecular flexibility index (Phi) is 4.63. The number of hydrogen-bond acceptors (Lipinski definition) is 2. The average Bonchev–Trinajstić information content (AvgIpc) is 2.20. The molecule has 0 saturated heterocycles. The van der Waals surface area contributed by atoms with E-state index in [0.29, 0.717) is 5.92 Å². The van der Waals surface area contributed by atoms with Gasteiger partial charge in [-0.25, -0.2) is 0 Å². The summed E-state index contributed by atoms with van der Waals surface area (Å²) in [5.41, 5.74) is 1.15. The Bertz CT molecular complexity index is 246. The van der Waals surface area contributed by atoms with Crippen LogP contribution in [0.4, 0.5) is 0 Å². The van der Waals surface area contributed by atoms with Gasteiger partial charge in [-0.3, -0.25) is 0 Å². The summed E-state index contributed by atoms with van der Waals surface area (Å²) >= 11 is 0. The smallest absolute Gasteiger partial charge is 0.0626 e. The van der Waals surface area contributed by atoms with Crippen molar-refractivity contribution in [1.29, 1.82) is 0 Å². The van der Waals surface area contributed by atoms with Crippen molar-refractivity contribution in [2.45, 2.75) is 19.9 Å². The lowest BCUT2D eigenvalue weighted by molar-refractivity contribution is 0.241. The molecule has 1 aromatic carbocycles. The predicted octanol–water partition coefficient (Wildman–Crippen LogP) is 1.97. The molecule has 1 atom stereocenters. The fraction of sp³-hybridized carbons (Fsp3) is 0.500. The van der Waals surface area contributed by atoms with E-state index in [4.69, 9.17) is 0 Å². The SMILES string of the molecule is CC(C)CNC(CO)c1ccccc1. The van der Waals surface area contributed by atoms with Gasteiger partial charge >= 0.3 is 0 Å². The highest BCUT2D eigenvalue weighted by Gasteiger charge is 2.08. The van der Waals surface area contributed by atoms with E-state index in [1.54, 1.807) is 0 Å². The first-order valence-corrected chi connectivity index (χ1v) is 5.13. The standard InChI is InChI=1S/C12H19NO/c1-10(2)8-13-12(9-14)11-6-4-3-5-7-11/h3-7,10,12-14H,8-9H2,1-2H3. The zero-order valence-electron chi connectivity index (χ0n) is 8.90. The number of benzene rings is 1. The summed E-state index contributed by atoms with van der Waals surface area (Å²) in [4.78, 5) is 0. The van der Waals surface area contributed by atoms with Gasteiger partial charge in [0.25, 0.3) is 0 Å². The summed E-state index contributed by atoms with van der Waals surface area (Å²) in [6.07, 6.45) is 0. The molecule has 0 radical (unpaired) electrons. The van der Waals surface area contributed by atoms with Crippen molar-refractivity contribution in [3.63, 3.8) is 0 Å². The largest absolute Gasteiger partial charge is 0.394 e. The van der Waals surface area contributed by atoms with Gasteiger partial charge in [-0.2, -0.15) is 0 Å². The lowest BCUT2D eigenvalue weighted by atomic mass is 10.1. The summed E-state index contributed by atoms with van der Waals surface area (Å²) in [6.45, 7) is 5.40. The number of nitrogens with one attached hydrogen (secondary N) is 1. The highest BCUT2D eigenvalue weighted by molar-refractivity contribution is 5.18. The van der Waals surface area contributed by atoms with Crippen molar-refractivity contribution >= 4 is 0 Å². The van der Waals surface area contributed by atoms with Crippen LogP contribution in [0.5, 0.6) is 0 Å². The fourth-order valence-corrected chi connectivity index (χ4v) is 1.35. The zero-order valence-corrected chi connectivity index (χ0v) is 8.90. The van der Waals surface area contributed by atoms with Gasteiger partial charge in [-0.05, 0) is 18.0 Å². The molecule has 1 aromatic rings. The Balaban J connectivity index is 2.54. The molecule has 1 unspecified atom stereocenters. The van der Waals surface area contributed by atoms with Crippen LogP contribution in [0, 0.1) is 5.92 Å². The molecular formula is C12H19NO. The van der Waals surface area contributed by atoms with Crippen LogP contribution in [-0.2, 0) is 0 Å². The third-order valence-corrected chi connectivity index (χ3v) is 2.16. The molecule has 0 spiro atoms. The third kappa shape index (κ3) is 3.48. The van der Waals surface area contributed by atoms with E-state index in [2.05, 4.69) is 19.2 Å². The maximum atomic E-state index is 9.23. The minimum atomic E-state index is 0.0681. The Morgan fingerprint density at radius 2 is 1.86 bits per heavy atom. The Morgan fingerprint density at radius 3 is 2.36 bits per heavy atom. The van der Waals surface area contributed by atoms with Crippen LogP contribution in [0.15, 0.2) is 30.3 Å². The summed E-state index contributed by atoms with van der Waals surface area (Å²) in [6, 6.07) is 10.1. The quantitative estimate of drug-likeness (QED) is 0.749. The molecular weight excluding hydrogens is 174 g/mol. The highest BCUT2D eigenvalue weighted by Crippen LogP contribution is 2.11. The van der Waals surface area contributed by atoms with Gasteiger partial charge in [-0.1, -0.05) is 44.2 Å². The van der Waals surface area contributed by atoms with Crippen molar-refractivity contribution < 1.29 is 5.11 Å². The summed E-state index contributed by atoms with van der Waals surface area (Å²) in [5.74, 6) is 0.604. The second-order valence-corrected chi connectivity index (χ2v) is 3.95. The van der Waals surface area contributed by atoms with E-state index >= 15 is 0 Å². The van der Waals surface area contributed by atoms with E-state index in [-0.39, 0.29) is 12.6 Å². The van der Waals surface area contributed by atoms with Crippen LogP contribution in [0.25, 0.3) is 0 Å². The van der Waals surface area contributed by atoms with Gasteiger partial charge in [0.05, 0.1) is 12.6 Å². The number of aliphatic hydroxyl groups is 1. The molecule has 78 valence electrons. The highest BCUT2D eigenvalue weighted by atomic mass is 16.3. The summed E-state index contributed by atoms with van der Waals surface area (Å²) in [7, 11) is 0. The molecule has 0 bridgehead atoms. The molecule has 0 aliphatic carbocycles. The van der Waals surface area contributed by atoms with Crippen LogP contribution < -0.4 is 5.32 Å². The monoisotopic (exact) mass is 193 g/mol. The average molecular weight is 193 g/mol. The van der Waals surface area contributed by atoms with Gasteiger partial charge in [0.2, 0.25) is 0 Å². The van der Waals surface area contributed by atoms with Crippen molar-refractivity contribution in [2.75, 3.05) is 13.2 Å². The lowest BCUT2D eigenvalue weighted by Crippen LogP contribution is -2.27. The molecule has 2 heteroatoms. The van der Waals surface area contributed by atoms with Crippen LogP contribution in [0.2, 0.25) is 0 Å². The number of rotatable bonds is 5. The van der Waals surface area contributed by atoms with Gasteiger partial charge in [0, 0.05) is 0 Å². The predicted molar refractivity (Wildman–Crippen MR) is 59.1 cm³/mol. The molecule has 0 amide bonds.